The summed E-state index contributed by atoms with van der Waals surface area (Å²) in [6.07, 6.45) is 1.55. The van der Waals surface area contributed by atoms with Crippen LogP contribution in [0.25, 0.3) is 22.0 Å². The van der Waals surface area contributed by atoms with E-state index in [-0.39, 0.29) is 0 Å². The van der Waals surface area contributed by atoms with Gasteiger partial charge in [0.05, 0.1) is 59.9 Å². The lowest BCUT2D eigenvalue weighted by Crippen LogP contribution is -2.35. The van der Waals surface area contributed by atoms with Gasteiger partial charge < -0.3 is 19.5 Å². The smallest absolute Gasteiger partial charge is 0.139 e. The van der Waals surface area contributed by atoms with Gasteiger partial charge in [-0.2, -0.15) is 5.26 Å². The van der Waals surface area contributed by atoms with Crippen molar-refractivity contribution in [3.05, 3.63) is 75.9 Å². The minimum atomic E-state index is 0.366. The highest BCUT2D eigenvalue weighted by Crippen LogP contribution is 2.41. The van der Waals surface area contributed by atoms with E-state index in [2.05, 4.69) is 45.5 Å². The first kappa shape index (κ1) is 26.1. The molecular weight excluding hydrogens is 523 g/mol. The molecule has 0 amide bonds. The highest BCUT2D eigenvalue weighted by molar-refractivity contribution is 6.37. The molecule has 0 aliphatic carbocycles. The predicted octanol–water partition coefficient (Wildman–Crippen LogP) is 6.67. The van der Waals surface area contributed by atoms with E-state index in [9.17, 15) is 5.26 Å². The molecule has 0 unspecified atom stereocenters. The van der Waals surface area contributed by atoms with Crippen molar-refractivity contribution in [3.8, 4) is 28.7 Å². The van der Waals surface area contributed by atoms with Crippen molar-refractivity contribution in [2.45, 2.75) is 6.54 Å². The number of aromatic nitrogens is 1. The fourth-order valence-corrected chi connectivity index (χ4v) is 5.11. The van der Waals surface area contributed by atoms with Crippen LogP contribution in [0.2, 0.25) is 10.0 Å². The average Bonchev–Trinajstić information content (AvgIpc) is 2.94. The molecular formula is C29H26Cl2N4O3. The van der Waals surface area contributed by atoms with Crippen molar-refractivity contribution in [1.82, 2.24) is 9.88 Å². The zero-order chi connectivity index (χ0) is 26.6. The number of rotatable bonds is 7. The third-order valence-electron chi connectivity index (χ3n) is 6.56. The van der Waals surface area contributed by atoms with Crippen LogP contribution >= 0.6 is 23.2 Å². The minimum absolute atomic E-state index is 0.366. The molecule has 1 aromatic heterocycles. The van der Waals surface area contributed by atoms with Gasteiger partial charge in [-0.1, -0.05) is 41.4 Å². The second-order valence-electron chi connectivity index (χ2n) is 8.91. The van der Waals surface area contributed by atoms with Crippen LogP contribution < -0.4 is 14.8 Å². The van der Waals surface area contributed by atoms with Crippen molar-refractivity contribution in [2.24, 2.45) is 0 Å². The normalized spacial score (nSPS) is 13.8. The van der Waals surface area contributed by atoms with Crippen LogP contribution in [0.1, 0.15) is 11.1 Å². The van der Waals surface area contributed by atoms with Crippen molar-refractivity contribution >= 4 is 45.5 Å². The number of ether oxygens (including phenoxy) is 3. The van der Waals surface area contributed by atoms with Crippen molar-refractivity contribution in [3.63, 3.8) is 0 Å². The van der Waals surface area contributed by atoms with Gasteiger partial charge >= 0.3 is 0 Å². The highest BCUT2D eigenvalue weighted by atomic mass is 35.5. The van der Waals surface area contributed by atoms with E-state index in [1.165, 1.54) is 12.7 Å². The number of nitrogens with zero attached hydrogens (tertiary/aromatic N) is 3. The highest BCUT2D eigenvalue weighted by Gasteiger charge is 2.18. The number of halogens is 2. The van der Waals surface area contributed by atoms with Gasteiger partial charge in [0.15, 0.2) is 0 Å². The molecule has 0 atom stereocenters. The summed E-state index contributed by atoms with van der Waals surface area (Å²) in [5.74, 6) is 1.13. The number of nitrogens with one attached hydrogen (secondary N) is 1. The number of morpholine rings is 1. The summed E-state index contributed by atoms with van der Waals surface area (Å²) >= 11 is 12.7. The Morgan fingerprint density at radius 1 is 1.03 bits per heavy atom. The van der Waals surface area contributed by atoms with E-state index in [1.807, 2.05) is 12.1 Å². The van der Waals surface area contributed by atoms with Crippen LogP contribution in [-0.2, 0) is 11.3 Å². The molecule has 1 saturated heterocycles. The van der Waals surface area contributed by atoms with Gasteiger partial charge in [0.2, 0.25) is 0 Å². The van der Waals surface area contributed by atoms with Gasteiger partial charge in [-0.05, 0) is 35.4 Å². The van der Waals surface area contributed by atoms with Crippen LogP contribution in [0.5, 0.6) is 11.5 Å². The Hall–Kier alpha value is -3.54. The maximum Gasteiger partial charge on any atom is 0.139 e. The van der Waals surface area contributed by atoms with E-state index in [1.54, 1.807) is 25.4 Å². The number of hydrogen-bond acceptors (Lipinski definition) is 7. The molecule has 194 valence electrons. The first-order valence-corrected chi connectivity index (χ1v) is 12.9. The summed E-state index contributed by atoms with van der Waals surface area (Å²) in [5.41, 5.74) is 5.35. The standard InChI is InChI=1S/C29H26Cl2N4O3/c1-36-27-12-22-25(11-21(27)19-5-3-4-18(10-19)17-35-6-8-38-9-7-35)33-16-20(15-32)29(22)34-26-14-28(37-2)24(31)13-23(26)30/h3-5,10-14,16H,6-9,17H2,1-2H3,(H,33,34). The molecule has 2 heterocycles. The van der Waals surface area contributed by atoms with Gasteiger partial charge in [0, 0.05) is 42.8 Å². The lowest BCUT2D eigenvalue weighted by Gasteiger charge is -2.26. The summed E-state index contributed by atoms with van der Waals surface area (Å²) in [6.45, 7) is 4.23. The second kappa shape index (κ2) is 11.5. The summed E-state index contributed by atoms with van der Waals surface area (Å²) in [6, 6.07) is 17.8. The van der Waals surface area contributed by atoms with Crippen LogP contribution in [0, 0.1) is 11.3 Å². The molecule has 1 aliphatic rings. The number of benzene rings is 3. The Kier molecular flexibility index (Phi) is 7.87. The van der Waals surface area contributed by atoms with E-state index in [0.29, 0.717) is 44.0 Å². The molecule has 3 aromatic carbocycles. The Morgan fingerprint density at radius 3 is 2.55 bits per heavy atom. The molecule has 5 rings (SSSR count). The average molecular weight is 549 g/mol. The lowest BCUT2D eigenvalue weighted by atomic mass is 9.98. The molecule has 0 saturated carbocycles. The maximum atomic E-state index is 9.84. The number of hydrogen-bond donors (Lipinski definition) is 1. The zero-order valence-corrected chi connectivity index (χ0v) is 22.6. The van der Waals surface area contributed by atoms with Crippen molar-refractivity contribution in [2.75, 3.05) is 45.8 Å². The van der Waals surface area contributed by atoms with Gasteiger partial charge in [0.1, 0.15) is 17.6 Å². The maximum absolute atomic E-state index is 9.84. The molecule has 0 spiro atoms. The molecule has 1 fully saturated rings. The number of anilines is 2. The Labute approximate surface area is 231 Å². The van der Waals surface area contributed by atoms with Crippen molar-refractivity contribution < 1.29 is 14.2 Å². The Bertz CT molecular complexity index is 1530. The van der Waals surface area contributed by atoms with Crippen LogP contribution in [0.15, 0.2) is 54.7 Å². The van der Waals surface area contributed by atoms with Crippen LogP contribution in [0.3, 0.4) is 0 Å². The molecule has 1 N–H and O–H groups in total. The molecule has 7 nitrogen and oxygen atoms in total. The number of nitriles is 1. The van der Waals surface area contributed by atoms with E-state index < -0.39 is 0 Å². The first-order chi connectivity index (χ1) is 18.5. The molecule has 0 radical (unpaired) electrons. The fraction of sp³-hybridized carbons (Fsp3) is 0.241. The van der Waals surface area contributed by atoms with Gasteiger partial charge in [-0.15, -0.1) is 0 Å². The lowest BCUT2D eigenvalue weighted by molar-refractivity contribution is 0.0342. The number of pyridine rings is 1. The fourth-order valence-electron chi connectivity index (χ4n) is 4.60. The van der Waals surface area contributed by atoms with Crippen LogP contribution in [0.4, 0.5) is 11.4 Å². The van der Waals surface area contributed by atoms with E-state index in [0.717, 1.165) is 49.4 Å². The summed E-state index contributed by atoms with van der Waals surface area (Å²) in [7, 11) is 3.17. The largest absolute Gasteiger partial charge is 0.496 e. The molecule has 4 aromatic rings. The predicted molar refractivity (Wildman–Crippen MR) is 151 cm³/mol. The third kappa shape index (κ3) is 5.35. The summed E-state index contributed by atoms with van der Waals surface area (Å²) in [4.78, 5) is 6.97. The van der Waals surface area contributed by atoms with Crippen molar-refractivity contribution in [1.29, 1.82) is 5.26 Å². The second-order valence-corrected chi connectivity index (χ2v) is 9.72. The first-order valence-electron chi connectivity index (χ1n) is 12.1. The van der Waals surface area contributed by atoms with E-state index in [4.69, 9.17) is 37.4 Å². The van der Waals surface area contributed by atoms with Gasteiger partial charge in [0.25, 0.3) is 0 Å². The van der Waals surface area contributed by atoms with E-state index >= 15 is 0 Å². The Morgan fingerprint density at radius 2 is 1.82 bits per heavy atom. The molecule has 38 heavy (non-hydrogen) atoms. The number of fused-ring (bicyclic) bond motifs is 1. The minimum Gasteiger partial charge on any atom is -0.496 e. The van der Waals surface area contributed by atoms with Gasteiger partial charge in [-0.3, -0.25) is 9.88 Å². The Balaban J connectivity index is 1.57. The SMILES string of the molecule is COc1cc(Nc2c(C#N)cnc3cc(-c4cccc(CN5CCOCC5)c4)c(OC)cc23)c(Cl)cc1Cl. The monoisotopic (exact) mass is 548 g/mol. The summed E-state index contributed by atoms with van der Waals surface area (Å²) < 4.78 is 16.6. The molecule has 1 aliphatic heterocycles. The van der Waals surface area contributed by atoms with Gasteiger partial charge in [-0.25, -0.2) is 0 Å². The molecule has 9 heteroatoms. The topological polar surface area (TPSA) is 79.6 Å². The molecule has 0 bridgehead atoms. The van der Waals surface area contributed by atoms with Crippen LogP contribution in [-0.4, -0.2) is 50.4 Å². The number of methoxy groups -OCH3 is 2. The quantitative estimate of drug-likeness (QED) is 0.276. The zero-order valence-electron chi connectivity index (χ0n) is 21.1. The third-order valence-corrected chi connectivity index (χ3v) is 7.17. The summed E-state index contributed by atoms with van der Waals surface area (Å²) in [5, 5.41) is 14.6.